The van der Waals surface area contributed by atoms with E-state index in [1.807, 2.05) is 0 Å². The lowest BCUT2D eigenvalue weighted by molar-refractivity contribution is -0.697. The highest BCUT2D eigenvalue weighted by Gasteiger charge is 2.44. The average molecular weight is 180 g/mol. The standard InChI is InChI=1S/C6H9F3N3/c1-4-11(2)5(6(7,8)9)10-12(4)3/h1-3H3/q+1. The monoisotopic (exact) mass is 180 g/mol. The minimum absolute atomic E-state index is 0.460. The van der Waals surface area contributed by atoms with E-state index < -0.39 is 12.0 Å². The Bertz CT molecular complexity index is 300. The van der Waals surface area contributed by atoms with Crippen LogP contribution in [0.1, 0.15) is 11.6 Å². The van der Waals surface area contributed by atoms with E-state index in [9.17, 15) is 13.2 Å². The van der Waals surface area contributed by atoms with Crippen LogP contribution in [0.3, 0.4) is 0 Å². The summed E-state index contributed by atoms with van der Waals surface area (Å²) in [6.07, 6.45) is -4.37. The van der Waals surface area contributed by atoms with E-state index in [1.54, 1.807) is 6.92 Å². The van der Waals surface area contributed by atoms with Crippen LogP contribution in [0.4, 0.5) is 13.2 Å². The van der Waals surface area contributed by atoms with Crippen molar-refractivity contribution in [3.63, 3.8) is 0 Å². The van der Waals surface area contributed by atoms with E-state index in [0.717, 1.165) is 4.57 Å². The average Bonchev–Trinajstić information content (AvgIpc) is 2.15. The Balaban J connectivity index is 3.28. The minimum Gasteiger partial charge on any atom is -0.227 e. The molecule has 6 heteroatoms. The summed E-state index contributed by atoms with van der Waals surface area (Å²) in [6.45, 7) is 1.57. The molecular formula is C6H9F3N3+. The largest absolute Gasteiger partial charge is 0.485 e. The summed E-state index contributed by atoms with van der Waals surface area (Å²) in [5.74, 6) is -0.412. The van der Waals surface area contributed by atoms with Crippen LogP contribution in [-0.2, 0) is 20.3 Å². The van der Waals surface area contributed by atoms with Crippen molar-refractivity contribution in [3.05, 3.63) is 11.6 Å². The van der Waals surface area contributed by atoms with Gasteiger partial charge < -0.3 is 0 Å². The van der Waals surface area contributed by atoms with Crippen LogP contribution in [0.5, 0.6) is 0 Å². The summed E-state index contributed by atoms with van der Waals surface area (Å²) in [5, 5.41) is 3.34. The van der Waals surface area contributed by atoms with E-state index in [2.05, 4.69) is 5.10 Å². The second kappa shape index (κ2) is 2.46. The van der Waals surface area contributed by atoms with Crippen molar-refractivity contribution < 1.29 is 17.7 Å². The Kier molecular flexibility index (Phi) is 1.85. The molecule has 3 nitrogen and oxygen atoms in total. The zero-order valence-electron chi connectivity index (χ0n) is 6.98. The van der Waals surface area contributed by atoms with Crippen molar-refractivity contribution in [1.82, 2.24) is 9.78 Å². The normalized spacial score (nSPS) is 12.2. The van der Waals surface area contributed by atoms with Crippen LogP contribution in [0.15, 0.2) is 0 Å². The lowest BCUT2D eigenvalue weighted by Gasteiger charge is -1.97. The van der Waals surface area contributed by atoms with Gasteiger partial charge in [-0.05, 0) is 0 Å². The van der Waals surface area contributed by atoms with Gasteiger partial charge in [-0.2, -0.15) is 13.2 Å². The number of aromatic nitrogens is 3. The molecule has 12 heavy (non-hydrogen) atoms. The molecule has 0 N–H and O–H groups in total. The summed E-state index contributed by atoms with van der Waals surface area (Å²) in [6, 6.07) is 0. The van der Waals surface area contributed by atoms with Crippen LogP contribution in [0, 0.1) is 6.92 Å². The lowest BCUT2D eigenvalue weighted by atomic mass is 10.5. The number of hydrogen-bond donors (Lipinski definition) is 0. The predicted molar refractivity (Wildman–Crippen MR) is 34.1 cm³/mol. The highest BCUT2D eigenvalue weighted by atomic mass is 19.4. The highest BCUT2D eigenvalue weighted by molar-refractivity contribution is 4.82. The molecule has 68 valence electrons. The molecule has 0 bridgehead atoms. The first-order chi connectivity index (χ1) is 5.34. The van der Waals surface area contributed by atoms with Gasteiger partial charge in [0.05, 0.1) is 19.2 Å². The maximum atomic E-state index is 12.1. The van der Waals surface area contributed by atoms with Crippen LogP contribution in [-0.4, -0.2) is 9.78 Å². The van der Waals surface area contributed by atoms with Gasteiger partial charge >= 0.3 is 12.0 Å². The number of nitrogens with zero attached hydrogens (tertiary/aromatic N) is 3. The van der Waals surface area contributed by atoms with Crippen molar-refractivity contribution in [2.45, 2.75) is 13.1 Å². The van der Waals surface area contributed by atoms with Gasteiger partial charge in [-0.1, -0.05) is 0 Å². The Morgan fingerprint density at radius 2 is 1.92 bits per heavy atom. The summed E-state index contributed by atoms with van der Waals surface area (Å²) in [5.41, 5.74) is 0. The first-order valence-corrected chi connectivity index (χ1v) is 3.31. The van der Waals surface area contributed by atoms with Gasteiger partial charge in [0, 0.05) is 6.92 Å². The smallest absolute Gasteiger partial charge is 0.227 e. The molecule has 0 saturated heterocycles. The Morgan fingerprint density at radius 1 is 1.42 bits per heavy atom. The van der Waals surface area contributed by atoms with E-state index >= 15 is 0 Å². The van der Waals surface area contributed by atoms with Gasteiger partial charge in [0.25, 0.3) is 0 Å². The SMILES string of the molecule is Cc1n(C)nc(C(F)(F)F)[n+]1C. The fraction of sp³-hybridized carbons (Fsp3) is 0.667. The van der Waals surface area contributed by atoms with Gasteiger partial charge in [0.1, 0.15) is 0 Å². The fourth-order valence-electron chi connectivity index (χ4n) is 0.899. The molecular weight excluding hydrogens is 171 g/mol. The predicted octanol–water partition coefficient (Wildman–Crippen LogP) is 0.572. The van der Waals surface area contributed by atoms with Crippen LogP contribution < -0.4 is 4.57 Å². The van der Waals surface area contributed by atoms with Crippen LogP contribution >= 0.6 is 0 Å². The summed E-state index contributed by atoms with van der Waals surface area (Å²) in [4.78, 5) is 0. The number of alkyl halides is 3. The lowest BCUT2D eigenvalue weighted by Crippen LogP contribution is -2.38. The molecule has 1 aromatic rings. The fourth-order valence-corrected chi connectivity index (χ4v) is 0.899. The Morgan fingerprint density at radius 3 is 2.08 bits per heavy atom. The molecule has 0 fully saturated rings. The van der Waals surface area contributed by atoms with Gasteiger partial charge in [0.15, 0.2) is 0 Å². The maximum Gasteiger partial charge on any atom is 0.485 e. The molecule has 1 heterocycles. The van der Waals surface area contributed by atoms with E-state index in [0.29, 0.717) is 5.82 Å². The molecule has 1 rings (SSSR count). The molecule has 0 aliphatic carbocycles. The second-order valence-corrected chi connectivity index (χ2v) is 2.55. The van der Waals surface area contributed by atoms with Crippen molar-refractivity contribution in [3.8, 4) is 0 Å². The first kappa shape index (κ1) is 9.02. The Labute approximate surface area is 67.4 Å². The topological polar surface area (TPSA) is 21.7 Å². The number of hydrogen-bond acceptors (Lipinski definition) is 1. The van der Waals surface area contributed by atoms with Gasteiger partial charge in [-0.15, -0.1) is 4.68 Å². The third-order valence-corrected chi connectivity index (χ3v) is 1.77. The van der Waals surface area contributed by atoms with Crippen molar-refractivity contribution in [2.75, 3.05) is 0 Å². The molecule has 0 radical (unpaired) electrons. The maximum absolute atomic E-state index is 12.1. The van der Waals surface area contributed by atoms with Crippen molar-refractivity contribution >= 4 is 0 Å². The van der Waals surface area contributed by atoms with Gasteiger partial charge in [-0.25, -0.2) is 4.57 Å². The molecule has 0 atom stereocenters. The highest BCUT2D eigenvalue weighted by Crippen LogP contribution is 2.24. The summed E-state index contributed by atoms with van der Waals surface area (Å²) >= 11 is 0. The number of aryl methyl sites for hydroxylation is 1. The van der Waals surface area contributed by atoms with Crippen LogP contribution in [0.2, 0.25) is 0 Å². The Hall–Kier alpha value is -1.07. The van der Waals surface area contributed by atoms with E-state index in [-0.39, 0.29) is 0 Å². The number of rotatable bonds is 0. The third kappa shape index (κ3) is 1.28. The molecule has 0 saturated carbocycles. The number of halogens is 3. The zero-order valence-corrected chi connectivity index (χ0v) is 6.98. The van der Waals surface area contributed by atoms with Gasteiger partial charge in [0.2, 0.25) is 5.82 Å². The molecule has 1 aromatic heterocycles. The van der Waals surface area contributed by atoms with Crippen molar-refractivity contribution in [2.24, 2.45) is 14.1 Å². The second-order valence-electron chi connectivity index (χ2n) is 2.55. The quantitative estimate of drug-likeness (QED) is 0.535. The molecule has 0 spiro atoms. The first-order valence-electron chi connectivity index (χ1n) is 3.31. The van der Waals surface area contributed by atoms with Crippen molar-refractivity contribution in [1.29, 1.82) is 0 Å². The van der Waals surface area contributed by atoms with Gasteiger partial charge in [-0.3, -0.25) is 0 Å². The zero-order chi connectivity index (χ0) is 9.52. The minimum atomic E-state index is -4.37. The van der Waals surface area contributed by atoms with Crippen LogP contribution in [0.25, 0.3) is 0 Å². The summed E-state index contributed by atoms with van der Waals surface area (Å²) < 4.78 is 38.6. The molecule has 0 amide bonds. The van der Waals surface area contributed by atoms with E-state index in [4.69, 9.17) is 0 Å². The van der Waals surface area contributed by atoms with E-state index in [1.165, 1.54) is 18.8 Å². The molecule has 0 aliphatic heterocycles. The third-order valence-electron chi connectivity index (χ3n) is 1.77. The molecule has 0 aliphatic rings. The molecule has 0 aromatic carbocycles. The summed E-state index contributed by atoms with van der Waals surface area (Å²) in [7, 11) is 2.82. The molecule has 0 unspecified atom stereocenters.